The van der Waals surface area contributed by atoms with E-state index in [1.165, 1.54) is 19.3 Å². The molecule has 0 aromatic carbocycles. The van der Waals surface area contributed by atoms with Gasteiger partial charge in [-0.05, 0) is 25.7 Å². The Balaban J connectivity index is 2.20. The monoisotopic (exact) mass is 248 g/mol. The molecule has 0 bridgehead atoms. The Hall–Kier alpha value is -1.32. The Kier molecular flexibility index (Phi) is 4.04. The van der Waals surface area contributed by atoms with Crippen LogP contribution in [-0.4, -0.2) is 23.1 Å². The van der Waals surface area contributed by atoms with Gasteiger partial charge in [0, 0.05) is 25.1 Å². The predicted octanol–water partition coefficient (Wildman–Crippen LogP) is 2.56. The number of aromatic nitrogens is 2. The summed E-state index contributed by atoms with van der Waals surface area (Å²) >= 11 is 0. The Morgan fingerprint density at radius 2 is 1.89 bits per heavy atom. The lowest BCUT2D eigenvalue weighted by Crippen LogP contribution is -2.35. The van der Waals surface area contributed by atoms with Crippen LogP contribution < -0.4 is 10.6 Å². The average molecular weight is 248 g/mol. The highest BCUT2D eigenvalue weighted by atomic mass is 15.2. The van der Waals surface area contributed by atoms with E-state index in [1.807, 2.05) is 6.92 Å². The summed E-state index contributed by atoms with van der Waals surface area (Å²) in [6, 6.07) is 0. The summed E-state index contributed by atoms with van der Waals surface area (Å²) in [4.78, 5) is 11.4. The Labute approximate surface area is 110 Å². The Morgan fingerprint density at radius 1 is 1.22 bits per heavy atom. The van der Waals surface area contributed by atoms with Gasteiger partial charge in [-0.2, -0.15) is 0 Å². The molecule has 2 rings (SSSR count). The third-order valence-corrected chi connectivity index (χ3v) is 4.01. The van der Waals surface area contributed by atoms with E-state index in [2.05, 4.69) is 28.7 Å². The molecule has 100 valence electrons. The van der Waals surface area contributed by atoms with Gasteiger partial charge in [-0.25, -0.2) is 9.97 Å². The van der Waals surface area contributed by atoms with Gasteiger partial charge >= 0.3 is 0 Å². The van der Waals surface area contributed by atoms with Gasteiger partial charge in [-0.15, -0.1) is 0 Å². The van der Waals surface area contributed by atoms with Crippen molar-refractivity contribution in [1.82, 2.24) is 9.97 Å². The minimum atomic E-state index is 0.634. The summed E-state index contributed by atoms with van der Waals surface area (Å²) in [6.45, 7) is 8.56. The number of rotatable bonds is 3. The lowest BCUT2D eigenvalue weighted by molar-refractivity contribution is 0.393. The molecule has 0 aliphatic carbocycles. The first kappa shape index (κ1) is 13.1. The van der Waals surface area contributed by atoms with Crippen molar-refractivity contribution in [1.29, 1.82) is 0 Å². The van der Waals surface area contributed by atoms with Crippen LogP contribution in [0.1, 0.15) is 44.5 Å². The highest BCUT2D eigenvalue weighted by Gasteiger charge is 2.21. The zero-order valence-corrected chi connectivity index (χ0v) is 11.7. The molecule has 4 nitrogen and oxygen atoms in total. The van der Waals surface area contributed by atoms with Crippen LogP contribution in [0.4, 0.5) is 11.6 Å². The lowest BCUT2D eigenvalue weighted by atomic mass is 9.94. The Bertz CT molecular complexity index is 409. The van der Waals surface area contributed by atoms with Gasteiger partial charge in [-0.1, -0.05) is 20.3 Å². The van der Waals surface area contributed by atoms with Crippen LogP contribution in [0.15, 0.2) is 0 Å². The number of nitrogens with zero attached hydrogens (tertiary/aromatic N) is 3. The number of hydrogen-bond acceptors (Lipinski definition) is 4. The van der Waals surface area contributed by atoms with Gasteiger partial charge in [0.2, 0.25) is 0 Å². The van der Waals surface area contributed by atoms with E-state index >= 15 is 0 Å². The third-order valence-electron chi connectivity index (χ3n) is 4.01. The van der Waals surface area contributed by atoms with Gasteiger partial charge < -0.3 is 10.6 Å². The number of hydrogen-bond donors (Lipinski definition) is 1. The third kappa shape index (κ3) is 2.57. The van der Waals surface area contributed by atoms with Crippen LogP contribution in [-0.2, 0) is 6.42 Å². The van der Waals surface area contributed by atoms with Crippen LogP contribution in [0.5, 0.6) is 0 Å². The minimum Gasteiger partial charge on any atom is -0.383 e. The van der Waals surface area contributed by atoms with Crippen molar-refractivity contribution in [2.75, 3.05) is 23.7 Å². The molecule has 1 aromatic heterocycles. The first-order valence-corrected chi connectivity index (χ1v) is 7.03. The van der Waals surface area contributed by atoms with Crippen molar-refractivity contribution in [3.05, 3.63) is 11.4 Å². The minimum absolute atomic E-state index is 0.634. The molecule has 1 aromatic rings. The summed E-state index contributed by atoms with van der Waals surface area (Å²) in [7, 11) is 0. The number of anilines is 2. The van der Waals surface area contributed by atoms with Crippen molar-refractivity contribution in [3.63, 3.8) is 0 Å². The summed E-state index contributed by atoms with van der Waals surface area (Å²) < 4.78 is 0. The van der Waals surface area contributed by atoms with Crippen molar-refractivity contribution >= 4 is 11.6 Å². The number of nitrogen functional groups attached to an aromatic ring is 1. The Morgan fingerprint density at radius 3 is 2.44 bits per heavy atom. The predicted molar refractivity (Wildman–Crippen MR) is 75.8 cm³/mol. The standard InChI is InChI=1S/C14H24N4/c1-4-11-6-8-18(9-7-11)14-10(3)13(15)16-12(5-2)17-14/h11H,4-9H2,1-3H3,(H2,15,16,17). The molecule has 0 unspecified atom stereocenters. The first-order valence-electron chi connectivity index (χ1n) is 7.03. The molecule has 1 saturated heterocycles. The molecule has 18 heavy (non-hydrogen) atoms. The van der Waals surface area contributed by atoms with E-state index in [4.69, 9.17) is 5.73 Å². The number of piperidine rings is 1. The highest BCUT2D eigenvalue weighted by molar-refractivity contribution is 5.56. The second-order valence-corrected chi connectivity index (χ2v) is 5.17. The molecule has 1 aliphatic heterocycles. The maximum atomic E-state index is 5.98. The molecule has 0 amide bonds. The smallest absolute Gasteiger partial charge is 0.137 e. The number of nitrogens with two attached hydrogens (primary N) is 1. The largest absolute Gasteiger partial charge is 0.383 e. The van der Waals surface area contributed by atoms with E-state index < -0.39 is 0 Å². The van der Waals surface area contributed by atoms with Gasteiger partial charge in [0.25, 0.3) is 0 Å². The van der Waals surface area contributed by atoms with E-state index in [9.17, 15) is 0 Å². The molecule has 4 heteroatoms. The SMILES string of the molecule is CCc1nc(N)c(C)c(N2CCC(CC)CC2)n1. The van der Waals surface area contributed by atoms with Crippen LogP contribution in [0.2, 0.25) is 0 Å². The van der Waals surface area contributed by atoms with Crippen LogP contribution in [0, 0.1) is 12.8 Å². The van der Waals surface area contributed by atoms with Crippen LogP contribution >= 0.6 is 0 Å². The topological polar surface area (TPSA) is 55.0 Å². The van der Waals surface area contributed by atoms with E-state index in [0.717, 1.165) is 42.6 Å². The summed E-state index contributed by atoms with van der Waals surface area (Å²) in [6.07, 6.45) is 4.66. The molecule has 2 N–H and O–H groups in total. The fourth-order valence-corrected chi connectivity index (χ4v) is 2.59. The zero-order chi connectivity index (χ0) is 13.1. The van der Waals surface area contributed by atoms with Crippen molar-refractivity contribution in [3.8, 4) is 0 Å². The van der Waals surface area contributed by atoms with Crippen molar-refractivity contribution in [2.45, 2.75) is 46.5 Å². The molecule has 0 atom stereocenters. The maximum absolute atomic E-state index is 5.98. The van der Waals surface area contributed by atoms with Gasteiger partial charge in [-0.3, -0.25) is 0 Å². The second kappa shape index (κ2) is 5.55. The van der Waals surface area contributed by atoms with Gasteiger partial charge in [0.1, 0.15) is 17.5 Å². The summed E-state index contributed by atoms with van der Waals surface area (Å²) in [5.41, 5.74) is 7.01. The fourth-order valence-electron chi connectivity index (χ4n) is 2.59. The average Bonchev–Trinajstić information content (AvgIpc) is 2.42. The van der Waals surface area contributed by atoms with Crippen LogP contribution in [0.25, 0.3) is 0 Å². The quantitative estimate of drug-likeness (QED) is 0.893. The molecule has 1 fully saturated rings. The van der Waals surface area contributed by atoms with E-state index in [1.54, 1.807) is 0 Å². The van der Waals surface area contributed by atoms with Crippen molar-refractivity contribution < 1.29 is 0 Å². The van der Waals surface area contributed by atoms with E-state index in [0.29, 0.717) is 5.82 Å². The number of aryl methyl sites for hydroxylation is 1. The highest BCUT2D eigenvalue weighted by Crippen LogP contribution is 2.27. The van der Waals surface area contributed by atoms with Gasteiger partial charge in [0.05, 0.1) is 0 Å². The molecule has 2 heterocycles. The molecular formula is C14H24N4. The second-order valence-electron chi connectivity index (χ2n) is 5.17. The molecule has 1 aliphatic rings. The maximum Gasteiger partial charge on any atom is 0.137 e. The zero-order valence-electron chi connectivity index (χ0n) is 11.7. The van der Waals surface area contributed by atoms with Gasteiger partial charge in [0.15, 0.2) is 0 Å². The fraction of sp³-hybridized carbons (Fsp3) is 0.714. The van der Waals surface area contributed by atoms with Crippen molar-refractivity contribution in [2.24, 2.45) is 5.92 Å². The molecule has 0 spiro atoms. The van der Waals surface area contributed by atoms with E-state index in [-0.39, 0.29) is 0 Å². The normalized spacial score (nSPS) is 17.2. The molecular weight excluding hydrogens is 224 g/mol. The first-order chi connectivity index (χ1) is 8.65. The lowest BCUT2D eigenvalue weighted by Gasteiger charge is -2.33. The van der Waals surface area contributed by atoms with Crippen LogP contribution in [0.3, 0.4) is 0 Å². The summed E-state index contributed by atoms with van der Waals surface area (Å²) in [5.74, 6) is 3.42. The summed E-state index contributed by atoms with van der Waals surface area (Å²) in [5, 5.41) is 0. The molecule has 0 radical (unpaired) electrons. The molecule has 0 saturated carbocycles.